The molecule has 14 heavy (non-hydrogen) atoms. The van der Waals surface area contributed by atoms with E-state index in [4.69, 9.17) is 0 Å². The third-order valence-electron chi connectivity index (χ3n) is 2.73. The van der Waals surface area contributed by atoms with Gasteiger partial charge in [0.2, 0.25) is 0 Å². The first-order valence-corrected chi connectivity index (χ1v) is 5.42. The molecule has 0 fully saturated rings. The fourth-order valence-corrected chi connectivity index (χ4v) is 2.01. The van der Waals surface area contributed by atoms with Gasteiger partial charge in [0.25, 0.3) is 5.56 Å². The van der Waals surface area contributed by atoms with Gasteiger partial charge in [0.15, 0.2) is 0 Å². The molecule has 1 aliphatic carbocycles. The predicted molar refractivity (Wildman–Crippen MR) is 55.5 cm³/mol. The molecule has 0 saturated heterocycles. The molecule has 1 aromatic heterocycles. The number of rotatable bonds is 2. The maximum absolute atomic E-state index is 11.7. The van der Waals surface area contributed by atoms with Gasteiger partial charge in [-0.3, -0.25) is 4.79 Å². The molecule has 0 aliphatic heterocycles. The lowest BCUT2D eigenvalue weighted by Crippen LogP contribution is -2.22. The fourth-order valence-electron chi connectivity index (χ4n) is 2.01. The Bertz CT molecular complexity index is 381. The molecule has 1 aromatic rings. The molecule has 3 nitrogen and oxygen atoms in total. The lowest BCUT2D eigenvalue weighted by Gasteiger charge is -2.14. The minimum atomic E-state index is 0.0955. The molecule has 0 amide bonds. The summed E-state index contributed by atoms with van der Waals surface area (Å²) in [6, 6.07) is 0. The van der Waals surface area contributed by atoms with Crippen LogP contribution in [0.4, 0.5) is 0 Å². The van der Waals surface area contributed by atoms with Crippen molar-refractivity contribution in [2.24, 2.45) is 0 Å². The zero-order valence-corrected chi connectivity index (χ0v) is 8.60. The van der Waals surface area contributed by atoms with E-state index in [1.54, 1.807) is 0 Å². The second-order valence-electron chi connectivity index (χ2n) is 3.89. The summed E-state index contributed by atoms with van der Waals surface area (Å²) in [5.74, 6) is 0.859. The Hall–Kier alpha value is -1.12. The van der Waals surface area contributed by atoms with E-state index in [0.29, 0.717) is 0 Å². The summed E-state index contributed by atoms with van der Waals surface area (Å²) in [6.45, 7) is 2.10. The van der Waals surface area contributed by atoms with Crippen LogP contribution >= 0.6 is 0 Å². The number of fused-ring (bicyclic) bond motifs is 1. The fraction of sp³-hybridized carbons (Fsp3) is 0.636. The molecule has 1 aliphatic rings. The van der Waals surface area contributed by atoms with Gasteiger partial charge in [-0.1, -0.05) is 6.92 Å². The number of H-pyrrole nitrogens is 1. The summed E-state index contributed by atoms with van der Waals surface area (Å²) in [5.41, 5.74) is 2.07. The summed E-state index contributed by atoms with van der Waals surface area (Å²) >= 11 is 0. The minimum Gasteiger partial charge on any atom is -0.310 e. The summed E-state index contributed by atoms with van der Waals surface area (Å²) in [4.78, 5) is 19.0. The second-order valence-corrected chi connectivity index (χ2v) is 3.89. The highest BCUT2D eigenvalue weighted by molar-refractivity contribution is 5.20. The molecule has 1 heterocycles. The highest BCUT2D eigenvalue weighted by Crippen LogP contribution is 2.15. The Morgan fingerprint density at radius 1 is 1.36 bits per heavy atom. The van der Waals surface area contributed by atoms with Crippen LogP contribution in [-0.4, -0.2) is 9.97 Å². The second kappa shape index (κ2) is 3.95. The number of hydrogen-bond donors (Lipinski definition) is 1. The molecule has 0 unspecified atom stereocenters. The molecule has 76 valence electrons. The third kappa shape index (κ3) is 1.72. The van der Waals surface area contributed by atoms with Crippen molar-refractivity contribution in [1.82, 2.24) is 9.97 Å². The van der Waals surface area contributed by atoms with Crippen LogP contribution in [0.5, 0.6) is 0 Å². The van der Waals surface area contributed by atoms with Crippen molar-refractivity contribution < 1.29 is 0 Å². The van der Waals surface area contributed by atoms with Gasteiger partial charge in [0.05, 0.1) is 5.69 Å². The van der Waals surface area contributed by atoms with Gasteiger partial charge in [-0.2, -0.15) is 0 Å². The number of aromatic amines is 1. The molecule has 0 atom stereocenters. The third-order valence-corrected chi connectivity index (χ3v) is 2.73. The van der Waals surface area contributed by atoms with Crippen LogP contribution in [0.2, 0.25) is 0 Å². The van der Waals surface area contributed by atoms with Crippen LogP contribution < -0.4 is 5.56 Å². The number of aryl methyl sites for hydroxylation is 2. The van der Waals surface area contributed by atoms with E-state index in [1.807, 2.05) is 0 Å². The van der Waals surface area contributed by atoms with Gasteiger partial charge in [-0.15, -0.1) is 0 Å². The summed E-state index contributed by atoms with van der Waals surface area (Å²) < 4.78 is 0. The highest BCUT2D eigenvalue weighted by atomic mass is 16.1. The zero-order chi connectivity index (χ0) is 9.97. The van der Waals surface area contributed by atoms with Gasteiger partial charge >= 0.3 is 0 Å². The number of aromatic nitrogens is 2. The first-order valence-electron chi connectivity index (χ1n) is 5.42. The summed E-state index contributed by atoms with van der Waals surface area (Å²) in [6.07, 6.45) is 6.10. The van der Waals surface area contributed by atoms with Crippen LogP contribution in [0.25, 0.3) is 0 Å². The number of nitrogens with zero attached hydrogens (tertiary/aromatic N) is 1. The number of nitrogens with one attached hydrogen (secondary N) is 1. The van der Waals surface area contributed by atoms with Crippen molar-refractivity contribution >= 4 is 0 Å². The summed E-state index contributed by atoms with van der Waals surface area (Å²) in [7, 11) is 0. The van der Waals surface area contributed by atoms with Gasteiger partial charge in [-0.05, 0) is 32.1 Å². The lowest BCUT2D eigenvalue weighted by atomic mass is 9.97. The molecule has 0 bridgehead atoms. The van der Waals surface area contributed by atoms with Crippen molar-refractivity contribution in [2.75, 3.05) is 0 Å². The topological polar surface area (TPSA) is 45.8 Å². The van der Waals surface area contributed by atoms with Crippen molar-refractivity contribution in [3.8, 4) is 0 Å². The molecule has 0 aromatic carbocycles. The SMILES string of the molecule is CCCc1nc2c(c(=O)[nH]1)CCCC2. The molecular weight excluding hydrogens is 176 g/mol. The summed E-state index contributed by atoms with van der Waals surface area (Å²) in [5, 5.41) is 0. The first kappa shape index (κ1) is 9.44. The van der Waals surface area contributed by atoms with Gasteiger partial charge in [0, 0.05) is 12.0 Å². The average molecular weight is 192 g/mol. The largest absolute Gasteiger partial charge is 0.310 e. The molecule has 0 radical (unpaired) electrons. The lowest BCUT2D eigenvalue weighted by molar-refractivity contribution is 0.644. The van der Waals surface area contributed by atoms with E-state index < -0.39 is 0 Å². The molecule has 3 heteroatoms. The van der Waals surface area contributed by atoms with Crippen molar-refractivity contribution in [1.29, 1.82) is 0 Å². The number of hydrogen-bond acceptors (Lipinski definition) is 2. The standard InChI is InChI=1S/C11H16N2O/c1-2-5-10-12-9-7-4-3-6-8(9)11(14)13-10/h2-7H2,1H3,(H,12,13,14). The Labute approximate surface area is 83.6 Å². The Morgan fingerprint density at radius 3 is 2.93 bits per heavy atom. The van der Waals surface area contributed by atoms with Gasteiger partial charge in [0.1, 0.15) is 5.82 Å². The van der Waals surface area contributed by atoms with Gasteiger partial charge in [-0.25, -0.2) is 4.98 Å². The maximum Gasteiger partial charge on any atom is 0.254 e. The van der Waals surface area contributed by atoms with Gasteiger partial charge < -0.3 is 4.98 Å². The van der Waals surface area contributed by atoms with Crippen LogP contribution in [0.3, 0.4) is 0 Å². The van der Waals surface area contributed by atoms with E-state index >= 15 is 0 Å². The van der Waals surface area contributed by atoms with Crippen molar-refractivity contribution in [3.63, 3.8) is 0 Å². The van der Waals surface area contributed by atoms with E-state index in [0.717, 1.165) is 49.2 Å². The molecule has 2 rings (SSSR count). The molecular formula is C11H16N2O. The van der Waals surface area contributed by atoms with E-state index in [9.17, 15) is 4.79 Å². The van der Waals surface area contributed by atoms with E-state index in [1.165, 1.54) is 6.42 Å². The Balaban J connectivity index is 2.41. The van der Waals surface area contributed by atoms with E-state index in [-0.39, 0.29) is 5.56 Å². The minimum absolute atomic E-state index is 0.0955. The molecule has 1 N–H and O–H groups in total. The maximum atomic E-state index is 11.7. The quantitative estimate of drug-likeness (QED) is 0.773. The van der Waals surface area contributed by atoms with Crippen LogP contribution in [0, 0.1) is 0 Å². The monoisotopic (exact) mass is 192 g/mol. The molecule has 0 saturated carbocycles. The van der Waals surface area contributed by atoms with Crippen LogP contribution in [0.1, 0.15) is 43.3 Å². The Kier molecular flexibility index (Phi) is 2.66. The van der Waals surface area contributed by atoms with Crippen molar-refractivity contribution in [2.45, 2.75) is 45.4 Å². The Morgan fingerprint density at radius 2 is 2.14 bits per heavy atom. The smallest absolute Gasteiger partial charge is 0.254 e. The van der Waals surface area contributed by atoms with E-state index in [2.05, 4.69) is 16.9 Å². The molecule has 0 spiro atoms. The van der Waals surface area contributed by atoms with Crippen molar-refractivity contribution in [3.05, 3.63) is 27.4 Å². The van der Waals surface area contributed by atoms with Crippen LogP contribution in [-0.2, 0) is 19.3 Å². The zero-order valence-electron chi connectivity index (χ0n) is 8.60. The predicted octanol–water partition coefficient (Wildman–Crippen LogP) is 1.60. The highest BCUT2D eigenvalue weighted by Gasteiger charge is 2.14. The average Bonchev–Trinajstić information content (AvgIpc) is 2.18. The van der Waals surface area contributed by atoms with Crippen LogP contribution in [0.15, 0.2) is 4.79 Å². The first-order chi connectivity index (χ1) is 6.81. The normalized spacial score (nSPS) is 15.2.